The lowest BCUT2D eigenvalue weighted by Gasteiger charge is -1.97. The molecule has 0 heterocycles. The van der Waals surface area contributed by atoms with E-state index in [9.17, 15) is 0 Å². The molecule has 0 nitrogen and oxygen atoms in total. The van der Waals surface area contributed by atoms with Crippen molar-refractivity contribution in [3.63, 3.8) is 0 Å². The smallest absolute Gasteiger partial charge is 0.0310 e. The molecule has 0 radical (unpaired) electrons. The molecule has 0 bridgehead atoms. The van der Waals surface area contributed by atoms with Gasteiger partial charge in [0.25, 0.3) is 0 Å². The average molecular weight is 173 g/mol. The number of rotatable bonds is 4. The summed E-state index contributed by atoms with van der Waals surface area (Å²) in [6.45, 7) is 6.17. The number of halogens is 1. The lowest BCUT2D eigenvalue weighted by atomic mass is 10.2. The highest BCUT2D eigenvalue weighted by Crippen LogP contribution is 2.06. The van der Waals surface area contributed by atoms with Crippen LogP contribution in [-0.2, 0) is 0 Å². The molecule has 0 aromatic carbocycles. The monoisotopic (exact) mass is 172 g/mol. The molecule has 0 N–H and O–H groups in total. The molecule has 0 saturated carbocycles. The van der Waals surface area contributed by atoms with E-state index in [0.29, 0.717) is 5.38 Å². The third-order valence-electron chi connectivity index (χ3n) is 1.46. The quantitative estimate of drug-likeness (QED) is 0.446. The van der Waals surface area contributed by atoms with E-state index in [1.807, 2.05) is 13.8 Å². The van der Waals surface area contributed by atoms with Crippen molar-refractivity contribution in [3.8, 4) is 0 Å². The Labute approximate surface area is 74.9 Å². The van der Waals surface area contributed by atoms with Gasteiger partial charge in [-0.2, -0.15) is 0 Å². The molecule has 0 aliphatic rings. The normalized spacial score (nSPS) is 15.8. The first kappa shape index (κ1) is 10.8. The van der Waals surface area contributed by atoms with Crippen LogP contribution in [0, 0.1) is 0 Å². The molecule has 0 aromatic rings. The van der Waals surface area contributed by atoms with Crippen molar-refractivity contribution in [2.75, 3.05) is 0 Å². The molecule has 0 rings (SSSR count). The summed E-state index contributed by atoms with van der Waals surface area (Å²) in [6, 6.07) is 0. The van der Waals surface area contributed by atoms with Crippen LogP contribution in [0.1, 0.15) is 33.6 Å². The lowest BCUT2D eigenvalue weighted by molar-refractivity contribution is 0.820. The van der Waals surface area contributed by atoms with Crippen molar-refractivity contribution in [1.82, 2.24) is 0 Å². The summed E-state index contributed by atoms with van der Waals surface area (Å²) >= 11 is 5.79. The summed E-state index contributed by atoms with van der Waals surface area (Å²) in [5.41, 5.74) is 1.32. The number of allylic oxidation sites excluding steroid dienone is 4. The van der Waals surface area contributed by atoms with E-state index in [4.69, 9.17) is 11.6 Å². The van der Waals surface area contributed by atoms with Gasteiger partial charge >= 0.3 is 0 Å². The Hall–Kier alpha value is -0.230. The van der Waals surface area contributed by atoms with Gasteiger partial charge in [-0.15, -0.1) is 11.6 Å². The van der Waals surface area contributed by atoms with Crippen molar-refractivity contribution in [1.29, 1.82) is 0 Å². The second-order valence-corrected chi connectivity index (χ2v) is 3.55. The Morgan fingerprint density at radius 2 is 2.18 bits per heavy atom. The van der Waals surface area contributed by atoms with E-state index in [1.165, 1.54) is 5.57 Å². The molecule has 0 aliphatic carbocycles. The van der Waals surface area contributed by atoms with E-state index in [1.54, 1.807) is 0 Å². The highest BCUT2D eigenvalue weighted by molar-refractivity contribution is 6.20. The van der Waals surface area contributed by atoms with Gasteiger partial charge < -0.3 is 0 Å². The maximum absolute atomic E-state index is 5.79. The highest BCUT2D eigenvalue weighted by Gasteiger charge is 1.92. The van der Waals surface area contributed by atoms with Crippen molar-refractivity contribution in [2.24, 2.45) is 0 Å². The Kier molecular flexibility index (Phi) is 6.34. The maximum atomic E-state index is 5.79. The number of alkyl halides is 1. The van der Waals surface area contributed by atoms with Crippen LogP contribution in [0.4, 0.5) is 0 Å². The SMILES string of the molecule is C/C=C\C(C)=C/CCC(C)Cl. The minimum Gasteiger partial charge on any atom is -0.123 e. The molecule has 64 valence electrons. The van der Waals surface area contributed by atoms with Gasteiger partial charge in [-0.05, 0) is 33.6 Å². The fourth-order valence-corrected chi connectivity index (χ4v) is 0.998. The molecule has 0 spiro atoms. The van der Waals surface area contributed by atoms with E-state index in [0.717, 1.165) is 12.8 Å². The molecule has 0 aliphatic heterocycles. The predicted molar refractivity (Wildman–Crippen MR) is 53.1 cm³/mol. The molecule has 1 heteroatoms. The van der Waals surface area contributed by atoms with Gasteiger partial charge in [-0.25, -0.2) is 0 Å². The summed E-state index contributed by atoms with van der Waals surface area (Å²) in [5, 5.41) is 0.296. The molecule has 1 unspecified atom stereocenters. The molecule has 1 atom stereocenters. The zero-order valence-electron chi connectivity index (χ0n) is 7.60. The topological polar surface area (TPSA) is 0 Å². The minimum absolute atomic E-state index is 0.296. The van der Waals surface area contributed by atoms with Crippen LogP contribution >= 0.6 is 11.6 Å². The van der Waals surface area contributed by atoms with Gasteiger partial charge in [0.05, 0.1) is 0 Å². The lowest BCUT2D eigenvalue weighted by Crippen LogP contribution is -1.87. The Bertz CT molecular complexity index is 143. The second-order valence-electron chi connectivity index (χ2n) is 2.81. The van der Waals surface area contributed by atoms with Crippen LogP contribution in [0.3, 0.4) is 0 Å². The van der Waals surface area contributed by atoms with Gasteiger partial charge in [0.1, 0.15) is 0 Å². The van der Waals surface area contributed by atoms with E-state index in [2.05, 4.69) is 25.2 Å². The average Bonchev–Trinajstić information content (AvgIpc) is 1.87. The summed E-state index contributed by atoms with van der Waals surface area (Å²) in [4.78, 5) is 0. The molecular formula is C10H17Cl. The largest absolute Gasteiger partial charge is 0.123 e. The van der Waals surface area contributed by atoms with Gasteiger partial charge in [0, 0.05) is 5.38 Å². The zero-order valence-corrected chi connectivity index (χ0v) is 8.36. The van der Waals surface area contributed by atoms with Gasteiger partial charge in [-0.1, -0.05) is 23.8 Å². The fourth-order valence-electron chi connectivity index (χ4n) is 0.872. The molecular weight excluding hydrogens is 156 g/mol. The van der Waals surface area contributed by atoms with E-state index >= 15 is 0 Å². The first-order valence-electron chi connectivity index (χ1n) is 4.10. The van der Waals surface area contributed by atoms with Crippen LogP contribution in [0.2, 0.25) is 0 Å². The van der Waals surface area contributed by atoms with Crippen molar-refractivity contribution in [2.45, 2.75) is 39.0 Å². The molecule has 11 heavy (non-hydrogen) atoms. The predicted octanol–water partition coefficient (Wildman–Crippen LogP) is 3.92. The standard InChI is InChI=1S/C10H17Cl/c1-4-6-9(2)7-5-8-10(3)11/h4,6-7,10H,5,8H2,1-3H3/b6-4-,9-7-. The Morgan fingerprint density at radius 1 is 1.55 bits per heavy atom. The van der Waals surface area contributed by atoms with E-state index < -0.39 is 0 Å². The Balaban J connectivity index is 3.56. The van der Waals surface area contributed by atoms with Crippen LogP contribution in [-0.4, -0.2) is 5.38 Å². The molecule has 0 saturated heterocycles. The van der Waals surface area contributed by atoms with Crippen LogP contribution < -0.4 is 0 Å². The number of hydrogen-bond acceptors (Lipinski definition) is 0. The van der Waals surface area contributed by atoms with Crippen LogP contribution in [0.5, 0.6) is 0 Å². The zero-order chi connectivity index (χ0) is 8.69. The van der Waals surface area contributed by atoms with Gasteiger partial charge in [-0.3, -0.25) is 0 Å². The third kappa shape index (κ3) is 7.67. The van der Waals surface area contributed by atoms with Gasteiger partial charge in [0.15, 0.2) is 0 Å². The van der Waals surface area contributed by atoms with Crippen molar-refractivity contribution >= 4 is 11.6 Å². The minimum atomic E-state index is 0.296. The van der Waals surface area contributed by atoms with Crippen molar-refractivity contribution in [3.05, 3.63) is 23.8 Å². The first-order valence-corrected chi connectivity index (χ1v) is 4.54. The third-order valence-corrected chi connectivity index (χ3v) is 1.68. The van der Waals surface area contributed by atoms with Crippen molar-refractivity contribution < 1.29 is 0 Å². The summed E-state index contributed by atoms with van der Waals surface area (Å²) in [5.74, 6) is 0. The fraction of sp³-hybridized carbons (Fsp3) is 0.600. The number of hydrogen-bond donors (Lipinski definition) is 0. The Morgan fingerprint density at radius 3 is 2.64 bits per heavy atom. The molecule has 0 aromatic heterocycles. The van der Waals surface area contributed by atoms with Crippen LogP contribution in [0.15, 0.2) is 23.8 Å². The first-order chi connectivity index (χ1) is 5.16. The second kappa shape index (κ2) is 6.48. The van der Waals surface area contributed by atoms with Gasteiger partial charge in [0.2, 0.25) is 0 Å². The molecule has 0 fully saturated rings. The summed E-state index contributed by atoms with van der Waals surface area (Å²) in [6.07, 6.45) is 8.53. The summed E-state index contributed by atoms with van der Waals surface area (Å²) in [7, 11) is 0. The maximum Gasteiger partial charge on any atom is 0.0310 e. The van der Waals surface area contributed by atoms with Crippen LogP contribution in [0.25, 0.3) is 0 Å². The molecule has 0 amide bonds. The highest BCUT2D eigenvalue weighted by atomic mass is 35.5. The van der Waals surface area contributed by atoms with E-state index in [-0.39, 0.29) is 0 Å². The summed E-state index contributed by atoms with van der Waals surface area (Å²) < 4.78 is 0.